The lowest BCUT2D eigenvalue weighted by Crippen LogP contribution is -2.48. The molecular weight excluding hydrogens is 289 g/mol. The summed E-state index contributed by atoms with van der Waals surface area (Å²) >= 11 is 5.56. The van der Waals surface area contributed by atoms with E-state index in [9.17, 15) is 23.3 Å². The van der Waals surface area contributed by atoms with Gasteiger partial charge in [-0.3, -0.25) is 10.1 Å². The molecular formula is C10H8ClF3N2O3. The van der Waals surface area contributed by atoms with Crippen molar-refractivity contribution in [2.45, 2.75) is 12.3 Å². The van der Waals surface area contributed by atoms with Crippen molar-refractivity contribution >= 4 is 17.5 Å². The Balaban J connectivity index is 2.26. The van der Waals surface area contributed by atoms with Gasteiger partial charge in [0.25, 0.3) is 5.69 Å². The Hall–Kier alpha value is -1.54. The van der Waals surface area contributed by atoms with Crippen LogP contribution in [0.15, 0.2) is 18.2 Å². The monoisotopic (exact) mass is 296 g/mol. The minimum absolute atomic E-state index is 0.184. The highest BCUT2D eigenvalue weighted by atomic mass is 35.5. The first kappa shape index (κ1) is 13.9. The van der Waals surface area contributed by atoms with Crippen LogP contribution in [-0.4, -0.2) is 28.5 Å². The SMILES string of the molecule is O=[N+]([O-])c1cc(OC2CN(Cl)C2)cc(C(F)(F)F)c1. The lowest BCUT2D eigenvalue weighted by Gasteiger charge is -2.33. The van der Waals surface area contributed by atoms with Crippen molar-refractivity contribution in [3.63, 3.8) is 0 Å². The summed E-state index contributed by atoms with van der Waals surface area (Å²) in [5, 5.41) is 10.6. The van der Waals surface area contributed by atoms with E-state index >= 15 is 0 Å². The van der Waals surface area contributed by atoms with Crippen molar-refractivity contribution < 1.29 is 22.8 Å². The normalized spacial score (nSPS) is 17.1. The van der Waals surface area contributed by atoms with Gasteiger partial charge in [0, 0.05) is 6.07 Å². The second-order valence-corrected chi connectivity index (χ2v) is 4.52. The average molecular weight is 297 g/mol. The predicted molar refractivity (Wildman–Crippen MR) is 59.9 cm³/mol. The van der Waals surface area contributed by atoms with Crippen molar-refractivity contribution in [1.82, 2.24) is 4.42 Å². The number of ether oxygens (including phenoxy) is 1. The van der Waals surface area contributed by atoms with Gasteiger partial charge in [-0.25, -0.2) is 4.42 Å². The molecule has 0 aromatic heterocycles. The number of hydrogen-bond acceptors (Lipinski definition) is 4. The third kappa shape index (κ3) is 3.27. The first-order chi connectivity index (χ1) is 8.75. The van der Waals surface area contributed by atoms with Gasteiger partial charge in [0.05, 0.1) is 29.6 Å². The van der Waals surface area contributed by atoms with Crippen molar-refractivity contribution in [1.29, 1.82) is 0 Å². The van der Waals surface area contributed by atoms with Crippen LogP contribution < -0.4 is 4.74 Å². The summed E-state index contributed by atoms with van der Waals surface area (Å²) < 4.78 is 44.4. The molecule has 1 saturated heterocycles. The molecule has 0 radical (unpaired) electrons. The molecule has 1 aliphatic rings. The van der Waals surface area contributed by atoms with Crippen LogP contribution in [0.25, 0.3) is 0 Å². The molecule has 1 aliphatic heterocycles. The molecule has 0 saturated carbocycles. The Morgan fingerprint density at radius 1 is 1.37 bits per heavy atom. The summed E-state index contributed by atoms with van der Waals surface area (Å²) in [5.74, 6) is -0.184. The molecule has 2 rings (SSSR count). The van der Waals surface area contributed by atoms with E-state index in [4.69, 9.17) is 16.5 Å². The third-order valence-corrected chi connectivity index (χ3v) is 2.81. The van der Waals surface area contributed by atoms with Crippen molar-refractivity contribution in [3.8, 4) is 5.75 Å². The highest BCUT2D eigenvalue weighted by Gasteiger charge is 2.34. The topological polar surface area (TPSA) is 55.6 Å². The zero-order valence-corrected chi connectivity index (χ0v) is 10.1. The van der Waals surface area contributed by atoms with E-state index in [1.165, 1.54) is 4.42 Å². The van der Waals surface area contributed by atoms with Crippen molar-refractivity contribution in [2.75, 3.05) is 13.1 Å². The fraction of sp³-hybridized carbons (Fsp3) is 0.400. The third-order valence-electron chi connectivity index (χ3n) is 2.54. The Morgan fingerprint density at radius 3 is 2.47 bits per heavy atom. The van der Waals surface area contributed by atoms with E-state index in [1.807, 2.05) is 0 Å². The van der Waals surface area contributed by atoms with E-state index < -0.39 is 22.4 Å². The number of hydrogen-bond donors (Lipinski definition) is 0. The molecule has 1 fully saturated rings. The Morgan fingerprint density at radius 2 is 2.00 bits per heavy atom. The first-order valence-electron chi connectivity index (χ1n) is 5.20. The number of alkyl halides is 3. The summed E-state index contributed by atoms with van der Waals surface area (Å²) in [6.07, 6.45) is -5.02. The fourth-order valence-electron chi connectivity index (χ4n) is 1.58. The van der Waals surface area contributed by atoms with Gasteiger partial charge in [0.1, 0.15) is 11.9 Å². The fourth-order valence-corrected chi connectivity index (χ4v) is 1.88. The Bertz CT molecular complexity index is 503. The lowest BCUT2D eigenvalue weighted by molar-refractivity contribution is -0.385. The second kappa shape index (κ2) is 4.86. The molecule has 0 unspecified atom stereocenters. The molecule has 1 heterocycles. The summed E-state index contributed by atoms with van der Waals surface area (Å²) in [4.78, 5) is 9.71. The molecule has 0 atom stereocenters. The van der Waals surface area contributed by atoms with E-state index in [0.717, 1.165) is 12.1 Å². The number of nitro groups is 1. The van der Waals surface area contributed by atoms with E-state index in [2.05, 4.69) is 0 Å². The molecule has 0 spiro atoms. The van der Waals surface area contributed by atoms with E-state index in [0.29, 0.717) is 19.2 Å². The Labute approximate surface area is 110 Å². The minimum atomic E-state index is -4.66. The number of nitrogens with zero attached hydrogens (tertiary/aromatic N) is 2. The number of rotatable bonds is 3. The van der Waals surface area contributed by atoms with Crippen LogP contribution in [0, 0.1) is 10.1 Å². The van der Waals surface area contributed by atoms with Gasteiger partial charge < -0.3 is 4.74 Å². The van der Waals surface area contributed by atoms with Gasteiger partial charge >= 0.3 is 6.18 Å². The molecule has 9 heteroatoms. The standard InChI is InChI=1S/C10H8ClF3N2O3/c11-15-4-9(5-15)19-8-2-6(10(12,13)14)1-7(3-8)16(17)18/h1-3,9H,4-5H2. The van der Waals surface area contributed by atoms with Crippen LogP contribution >= 0.6 is 11.8 Å². The molecule has 0 aliphatic carbocycles. The van der Waals surface area contributed by atoms with E-state index in [-0.39, 0.29) is 11.9 Å². The smallest absolute Gasteiger partial charge is 0.416 e. The largest absolute Gasteiger partial charge is 0.487 e. The lowest BCUT2D eigenvalue weighted by atomic mass is 10.1. The van der Waals surface area contributed by atoms with Crippen LogP contribution in [0.2, 0.25) is 0 Å². The second-order valence-electron chi connectivity index (χ2n) is 4.04. The van der Waals surface area contributed by atoms with Gasteiger partial charge in [-0.05, 0) is 17.8 Å². The van der Waals surface area contributed by atoms with Crippen molar-refractivity contribution in [2.24, 2.45) is 0 Å². The van der Waals surface area contributed by atoms with Crippen LogP contribution in [-0.2, 0) is 6.18 Å². The molecule has 0 N–H and O–H groups in total. The van der Waals surface area contributed by atoms with Gasteiger partial charge in [-0.2, -0.15) is 13.2 Å². The zero-order chi connectivity index (χ0) is 14.2. The van der Waals surface area contributed by atoms with Crippen LogP contribution in [0.1, 0.15) is 5.56 Å². The summed E-state index contributed by atoms with van der Waals surface area (Å²) in [6.45, 7) is 0.706. The zero-order valence-electron chi connectivity index (χ0n) is 9.35. The van der Waals surface area contributed by atoms with Crippen LogP contribution in [0.4, 0.5) is 18.9 Å². The maximum atomic E-state index is 12.6. The number of halogens is 4. The highest BCUT2D eigenvalue weighted by Crippen LogP contribution is 2.35. The molecule has 19 heavy (non-hydrogen) atoms. The number of benzene rings is 1. The van der Waals surface area contributed by atoms with Gasteiger partial charge in [0.15, 0.2) is 0 Å². The van der Waals surface area contributed by atoms with Crippen LogP contribution in [0.5, 0.6) is 5.75 Å². The summed E-state index contributed by atoms with van der Waals surface area (Å²) in [7, 11) is 0. The maximum Gasteiger partial charge on any atom is 0.416 e. The van der Waals surface area contributed by atoms with Gasteiger partial charge in [-0.15, -0.1) is 0 Å². The van der Waals surface area contributed by atoms with Gasteiger partial charge in [-0.1, -0.05) is 0 Å². The van der Waals surface area contributed by atoms with Crippen LogP contribution in [0.3, 0.4) is 0 Å². The average Bonchev–Trinajstić information content (AvgIpc) is 2.25. The number of nitro benzene ring substituents is 1. The number of non-ortho nitro benzene ring substituents is 1. The molecule has 0 bridgehead atoms. The Kier molecular flexibility index (Phi) is 3.55. The quantitative estimate of drug-likeness (QED) is 0.489. The maximum absolute atomic E-state index is 12.6. The molecule has 5 nitrogen and oxygen atoms in total. The molecule has 104 valence electrons. The minimum Gasteiger partial charge on any atom is -0.487 e. The van der Waals surface area contributed by atoms with Gasteiger partial charge in [0.2, 0.25) is 0 Å². The molecule has 0 amide bonds. The van der Waals surface area contributed by atoms with E-state index in [1.54, 1.807) is 0 Å². The molecule has 1 aromatic carbocycles. The highest BCUT2D eigenvalue weighted by molar-refractivity contribution is 6.13. The van der Waals surface area contributed by atoms with Crippen molar-refractivity contribution in [3.05, 3.63) is 33.9 Å². The summed E-state index contributed by atoms with van der Waals surface area (Å²) in [5.41, 5.74) is -1.77. The predicted octanol–water partition coefficient (Wildman–Crippen LogP) is 2.83. The molecule has 1 aromatic rings. The first-order valence-corrected chi connectivity index (χ1v) is 5.53. The summed E-state index contributed by atoms with van der Waals surface area (Å²) in [6, 6.07) is 2.18.